The lowest BCUT2D eigenvalue weighted by molar-refractivity contribution is 0.0697. The Kier molecular flexibility index (Phi) is 5.08. The highest BCUT2D eigenvalue weighted by Crippen LogP contribution is 2.20. The van der Waals surface area contributed by atoms with Gasteiger partial charge in [0.15, 0.2) is 0 Å². The SMILES string of the molecule is CCOCCNc1ccc(C(=O)O)c(Cl)c1. The number of rotatable bonds is 6. The molecule has 0 spiro atoms. The second-order valence-electron chi connectivity index (χ2n) is 3.12. The van der Waals surface area contributed by atoms with E-state index in [1.807, 2.05) is 6.92 Å². The van der Waals surface area contributed by atoms with Gasteiger partial charge in [-0.1, -0.05) is 11.6 Å². The van der Waals surface area contributed by atoms with Gasteiger partial charge in [0.2, 0.25) is 0 Å². The molecule has 4 nitrogen and oxygen atoms in total. The number of aromatic carboxylic acids is 1. The summed E-state index contributed by atoms with van der Waals surface area (Å²) in [4.78, 5) is 10.7. The van der Waals surface area contributed by atoms with Gasteiger partial charge in [0.05, 0.1) is 17.2 Å². The first kappa shape index (κ1) is 12.8. The summed E-state index contributed by atoms with van der Waals surface area (Å²) in [5.74, 6) is -1.02. The van der Waals surface area contributed by atoms with E-state index in [4.69, 9.17) is 21.4 Å². The Labute approximate surface area is 99.2 Å². The van der Waals surface area contributed by atoms with E-state index < -0.39 is 5.97 Å². The number of carboxylic acids is 1. The third kappa shape index (κ3) is 3.72. The lowest BCUT2D eigenvalue weighted by atomic mass is 10.2. The highest BCUT2D eigenvalue weighted by atomic mass is 35.5. The molecule has 5 heteroatoms. The van der Waals surface area contributed by atoms with Crippen LogP contribution in [0.4, 0.5) is 5.69 Å². The van der Waals surface area contributed by atoms with E-state index in [0.29, 0.717) is 19.8 Å². The number of carboxylic acid groups (broad SMARTS) is 1. The van der Waals surface area contributed by atoms with Crippen molar-refractivity contribution in [1.82, 2.24) is 0 Å². The largest absolute Gasteiger partial charge is 0.478 e. The van der Waals surface area contributed by atoms with Crippen LogP contribution < -0.4 is 5.32 Å². The van der Waals surface area contributed by atoms with Crippen molar-refractivity contribution < 1.29 is 14.6 Å². The van der Waals surface area contributed by atoms with Crippen molar-refractivity contribution in [3.05, 3.63) is 28.8 Å². The van der Waals surface area contributed by atoms with Crippen LogP contribution in [0.2, 0.25) is 5.02 Å². The van der Waals surface area contributed by atoms with Crippen LogP contribution in [0.5, 0.6) is 0 Å². The maximum Gasteiger partial charge on any atom is 0.337 e. The summed E-state index contributed by atoms with van der Waals surface area (Å²) in [5, 5.41) is 12.1. The van der Waals surface area contributed by atoms with E-state index in [0.717, 1.165) is 5.69 Å². The molecule has 16 heavy (non-hydrogen) atoms. The number of halogens is 1. The predicted molar refractivity (Wildman–Crippen MR) is 63.4 cm³/mol. The zero-order chi connectivity index (χ0) is 12.0. The minimum absolute atomic E-state index is 0.108. The molecule has 0 heterocycles. The molecule has 2 N–H and O–H groups in total. The monoisotopic (exact) mass is 243 g/mol. The lowest BCUT2D eigenvalue weighted by Gasteiger charge is -2.07. The van der Waals surface area contributed by atoms with Gasteiger partial charge in [0.1, 0.15) is 0 Å². The summed E-state index contributed by atoms with van der Waals surface area (Å²) in [6.07, 6.45) is 0. The Morgan fingerprint density at radius 2 is 2.31 bits per heavy atom. The van der Waals surface area contributed by atoms with Gasteiger partial charge in [-0.05, 0) is 25.1 Å². The summed E-state index contributed by atoms with van der Waals surface area (Å²) in [6.45, 7) is 3.88. The molecule has 0 saturated heterocycles. The quantitative estimate of drug-likeness (QED) is 0.754. The zero-order valence-electron chi connectivity index (χ0n) is 9.00. The van der Waals surface area contributed by atoms with E-state index in [1.165, 1.54) is 6.07 Å². The molecule has 0 unspecified atom stereocenters. The van der Waals surface area contributed by atoms with Gasteiger partial charge in [-0.25, -0.2) is 4.79 Å². The van der Waals surface area contributed by atoms with Crippen molar-refractivity contribution in [2.45, 2.75) is 6.92 Å². The smallest absolute Gasteiger partial charge is 0.337 e. The van der Waals surface area contributed by atoms with Crippen molar-refractivity contribution in [1.29, 1.82) is 0 Å². The van der Waals surface area contributed by atoms with Crippen molar-refractivity contribution in [3.8, 4) is 0 Å². The number of carbonyl (C=O) groups is 1. The summed E-state index contributed by atoms with van der Waals surface area (Å²) in [6, 6.07) is 4.76. The molecule has 0 radical (unpaired) electrons. The van der Waals surface area contributed by atoms with Gasteiger partial charge < -0.3 is 15.2 Å². The van der Waals surface area contributed by atoms with Gasteiger partial charge in [0, 0.05) is 18.8 Å². The summed E-state index contributed by atoms with van der Waals surface area (Å²) in [5.41, 5.74) is 0.895. The molecule has 0 aliphatic carbocycles. The number of ether oxygens (including phenoxy) is 1. The molecule has 0 saturated carbocycles. The maximum atomic E-state index is 10.7. The number of anilines is 1. The van der Waals surface area contributed by atoms with Crippen LogP contribution in [0.25, 0.3) is 0 Å². The fourth-order valence-corrected chi connectivity index (χ4v) is 1.47. The van der Waals surface area contributed by atoms with Crippen LogP contribution in [0.15, 0.2) is 18.2 Å². The molecule has 0 amide bonds. The highest BCUT2D eigenvalue weighted by Gasteiger charge is 2.08. The molecule has 0 atom stereocenters. The van der Waals surface area contributed by atoms with Crippen molar-refractivity contribution >= 4 is 23.3 Å². The fourth-order valence-electron chi connectivity index (χ4n) is 1.21. The summed E-state index contributed by atoms with van der Waals surface area (Å²) < 4.78 is 5.16. The van der Waals surface area contributed by atoms with Crippen molar-refractivity contribution in [2.24, 2.45) is 0 Å². The molecule has 88 valence electrons. The minimum atomic E-state index is -1.02. The third-order valence-electron chi connectivity index (χ3n) is 1.98. The van der Waals surface area contributed by atoms with E-state index in [1.54, 1.807) is 12.1 Å². The van der Waals surface area contributed by atoms with E-state index in [2.05, 4.69) is 5.32 Å². The fraction of sp³-hybridized carbons (Fsp3) is 0.364. The van der Waals surface area contributed by atoms with Crippen LogP contribution in [0.1, 0.15) is 17.3 Å². The van der Waals surface area contributed by atoms with Gasteiger partial charge >= 0.3 is 5.97 Å². The Balaban J connectivity index is 2.56. The molecular weight excluding hydrogens is 230 g/mol. The first-order valence-corrected chi connectivity index (χ1v) is 5.37. The van der Waals surface area contributed by atoms with E-state index >= 15 is 0 Å². The van der Waals surface area contributed by atoms with Crippen LogP contribution in [0, 0.1) is 0 Å². The minimum Gasteiger partial charge on any atom is -0.478 e. The van der Waals surface area contributed by atoms with Crippen LogP contribution in [-0.4, -0.2) is 30.8 Å². The first-order chi connectivity index (χ1) is 7.65. The summed E-state index contributed by atoms with van der Waals surface area (Å²) in [7, 11) is 0. The van der Waals surface area contributed by atoms with E-state index in [-0.39, 0.29) is 10.6 Å². The molecule has 0 aromatic heterocycles. The van der Waals surface area contributed by atoms with Crippen LogP contribution in [-0.2, 0) is 4.74 Å². The maximum absolute atomic E-state index is 10.7. The number of hydrogen-bond acceptors (Lipinski definition) is 3. The molecule has 0 fully saturated rings. The topological polar surface area (TPSA) is 58.6 Å². The first-order valence-electron chi connectivity index (χ1n) is 4.99. The standard InChI is InChI=1S/C11H14ClNO3/c1-2-16-6-5-13-8-3-4-9(11(14)15)10(12)7-8/h3-4,7,13H,2,5-6H2,1H3,(H,14,15). The number of nitrogens with one attached hydrogen (secondary N) is 1. The lowest BCUT2D eigenvalue weighted by Crippen LogP contribution is -2.09. The number of benzene rings is 1. The Morgan fingerprint density at radius 1 is 1.56 bits per heavy atom. The molecule has 0 aliphatic rings. The second-order valence-corrected chi connectivity index (χ2v) is 3.53. The third-order valence-corrected chi connectivity index (χ3v) is 2.29. The van der Waals surface area contributed by atoms with Crippen LogP contribution >= 0.6 is 11.6 Å². The van der Waals surface area contributed by atoms with Crippen LogP contribution in [0.3, 0.4) is 0 Å². The van der Waals surface area contributed by atoms with Gasteiger partial charge in [-0.2, -0.15) is 0 Å². The Morgan fingerprint density at radius 3 is 2.88 bits per heavy atom. The molecular formula is C11H14ClNO3. The van der Waals surface area contributed by atoms with E-state index in [9.17, 15) is 4.79 Å². The highest BCUT2D eigenvalue weighted by molar-refractivity contribution is 6.33. The Bertz CT molecular complexity index is 368. The molecule has 0 aliphatic heterocycles. The van der Waals surface area contributed by atoms with Crippen molar-refractivity contribution in [3.63, 3.8) is 0 Å². The zero-order valence-corrected chi connectivity index (χ0v) is 9.75. The van der Waals surface area contributed by atoms with Gasteiger partial charge in [-0.15, -0.1) is 0 Å². The van der Waals surface area contributed by atoms with Crippen molar-refractivity contribution in [2.75, 3.05) is 25.1 Å². The average molecular weight is 244 g/mol. The molecule has 1 aromatic carbocycles. The summed E-state index contributed by atoms with van der Waals surface area (Å²) >= 11 is 5.81. The predicted octanol–water partition coefficient (Wildman–Crippen LogP) is 2.49. The molecule has 1 aromatic rings. The average Bonchev–Trinajstić information content (AvgIpc) is 2.24. The Hall–Kier alpha value is -1.26. The molecule has 0 bridgehead atoms. The molecule has 1 rings (SSSR count). The van der Waals surface area contributed by atoms with Gasteiger partial charge in [0.25, 0.3) is 0 Å². The van der Waals surface area contributed by atoms with Gasteiger partial charge in [-0.3, -0.25) is 0 Å². The second kappa shape index (κ2) is 6.35. The normalized spacial score (nSPS) is 10.1. The number of hydrogen-bond donors (Lipinski definition) is 2.